The first-order chi connectivity index (χ1) is 18.3. The number of hydrogen-bond donors (Lipinski definition) is 1. The maximum atomic E-state index is 13.8. The number of benzene rings is 2. The normalized spacial score (nSPS) is 25.5. The molecule has 0 saturated carbocycles. The van der Waals surface area contributed by atoms with Crippen molar-refractivity contribution in [2.75, 3.05) is 41.6 Å². The van der Waals surface area contributed by atoms with Crippen LogP contribution in [0.5, 0.6) is 11.5 Å². The summed E-state index contributed by atoms with van der Waals surface area (Å²) in [6, 6.07) is 17.4. The minimum atomic E-state index is -3.91. The third-order valence-corrected chi connectivity index (χ3v) is 7.49. The van der Waals surface area contributed by atoms with Gasteiger partial charge in [0.05, 0.1) is 6.61 Å². The van der Waals surface area contributed by atoms with E-state index in [0.29, 0.717) is 11.5 Å². The molecule has 3 rings (SSSR count). The lowest BCUT2D eigenvalue weighted by Crippen LogP contribution is -2.70. The van der Waals surface area contributed by atoms with Gasteiger partial charge in [-0.25, -0.2) is 9.65 Å². The molecule has 38 heavy (non-hydrogen) atoms. The van der Waals surface area contributed by atoms with Gasteiger partial charge in [0, 0.05) is 41.9 Å². The van der Waals surface area contributed by atoms with Crippen LogP contribution < -0.4 is 14.1 Å². The van der Waals surface area contributed by atoms with Crippen molar-refractivity contribution >= 4 is 13.7 Å². The molecule has 0 bridgehead atoms. The molecule has 1 aliphatic rings. The van der Waals surface area contributed by atoms with Crippen LogP contribution in [0.15, 0.2) is 60.7 Å². The van der Waals surface area contributed by atoms with E-state index in [4.69, 9.17) is 37.5 Å². The largest absolute Gasteiger partial charge is 0.512 e. The Kier molecular flexibility index (Phi) is 11.1. The second-order valence-corrected chi connectivity index (χ2v) is 10.2. The van der Waals surface area contributed by atoms with Crippen LogP contribution >= 0.6 is 7.75 Å². The van der Waals surface area contributed by atoms with Crippen LogP contribution in [0.1, 0.15) is 13.3 Å². The number of ether oxygens (including phenoxy) is 6. The summed E-state index contributed by atoms with van der Waals surface area (Å²) >= 11 is 0. The predicted octanol–water partition coefficient (Wildman–Crippen LogP) is 3.58. The highest BCUT2D eigenvalue weighted by molar-refractivity contribution is 7.52. The van der Waals surface area contributed by atoms with Crippen molar-refractivity contribution in [2.24, 2.45) is 0 Å². The lowest BCUT2D eigenvalue weighted by Gasteiger charge is -2.51. The van der Waals surface area contributed by atoms with Gasteiger partial charge in [-0.15, -0.1) is 0 Å². The lowest BCUT2D eigenvalue weighted by molar-refractivity contribution is -0.367. The van der Waals surface area contributed by atoms with Gasteiger partial charge in [-0.1, -0.05) is 36.4 Å². The SMILES string of the molecule is COC[C@H]1O[C@H](CCNP(=O)(Oc2ccccc2)Oc2ccccc2)[C@@](OC)(OC(C)=O)[C@@H](OC)[C@@H]1OC. The smallest absolute Gasteiger partial charge is 0.427 e. The zero-order valence-electron chi connectivity index (χ0n) is 22.2. The van der Waals surface area contributed by atoms with Crippen molar-refractivity contribution in [1.29, 1.82) is 0 Å². The number of esters is 1. The summed E-state index contributed by atoms with van der Waals surface area (Å²) < 4.78 is 59.8. The second kappa shape index (κ2) is 14.0. The molecule has 0 spiro atoms. The minimum Gasteiger partial charge on any atom is -0.427 e. The summed E-state index contributed by atoms with van der Waals surface area (Å²) in [6.07, 6.45) is -2.78. The van der Waals surface area contributed by atoms with Crippen molar-refractivity contribution in [3.8, 4) is 11.5 Å². The molecule has 1 N–H and O–H groups in total. The highest BCUT2D eigenvalue weighted by Gasteiger charge is 2.60. The van der Waals surface area contributed by atoms with Crippen LogP contribution in [-0.2, 0) is 37.8 Å². The maximum Gasteiger partial charge on any atom is 0.512 e. The first kappa shape index (κ1) is 30.0. The molecule has 12 heteroatoms. The molecule has 0 aromatic heterocycles. The quantitative estimate of drug-likeness (QED) is 0.210. The van der Waals surface area contributed by atoms with Gasteiger partial charge in [0.1, 0.15) is 29.8 Å². The Morgan fingerprint density at radius 1 is 0.947 bits per heavy atom. The maximum absolute atomic E-state index is 13.8. The summed E-state index contributed by atoms with van der Waals surface area (Å²) in [6.45, 7) is 1.53. The molecular weight excluding hydrogens is 517 g/mol. The van der Waals surface area contributed by atoms with Gasteiger partial charge in [0.2, 0.25) is 0 Å². The number of hydrogen-bond acceptors (Lipinski definition) is 10. The summed E-state index contributed by atoms with van der Waals surface area (Å²) in [7, 11) is 1.98. The molecule has 1 aliphatic heterocycles. The average Bonchev–Trinajstić information content (AvgIpc) is 2.90. The van der Waals surface area contributed by atoms with Gasteiger partial charge in [0.15, 0.2) is 6.10 Å². The molecule has 0 amide bonds. The fourth-order valence-corrected chi connectivity index (χ4v) is 5.79. The van der Waals surface area contributed by atoms with E-state index in [1.807, 2.05) is 12.1 Å². The lowest BCUT2D eigenvalue weighted by atomic mass is 9.89. The van der Waals surface area contributed by atoms with Gasteiger partial charge in [0.25, 0.3) is 5.79 Å². The monoisotopic (exact) mass is 553 g/mol. The van der Waals surface area contributed by atoms with E-state index in [1.165, 1.54) is 35.4 Å². The first-order valence-electron chi connectivity index (χ1n) is 12.1. The van der Waals surface area contributed by atoms with Crippen LogP contribution in [0.3, 0.4) is 0 Å². The standard InChI is InChI=1S/C26H36NO10P/c1-19(28)35-26(33-5)23(34-22(18-30-2)24(31-3)25(26)32-4)16-17-27-38(29,36-20-12-8-6-9-13-20)37-21-14-10-7-11-15-21/h6-15,22-25H,16-18H2,1-5H3,(H,27,29)/t22-,23-,24-,25+,26-/m1/s1. The van der Waals surface area contributed by atoms with Crippen molar-refractivity contribution in [3.63, 3.8) is 0 Å². The Balaban J connectivity index is 1.85. The van der Waals surface area contributed by atoms with Gasteiger partial charge < -0.3 is 37.5 Å². The third kappa shape index (κ3) is 7.33. The highest BCUT2D eigenvalue weighted by atomic mass is 31.2. The molecule has 0 unspecified atom stereocenters. The molecule has 2 aromatic rings. The Hall–Kier alpha value is -2.50. The Bertz CT molecular complexity index is 997. The van der Waals surface area contributed by atoms with E-state index in [9.17, 15) is 9.36 Å². The number of carbonyl (C=O) groups excluding carboxylic acids is 1. The number of methoxy groups -OCH3 is 4. The Labute approximate surface area is 223 Å². The minimum absolute atomic E-state index is 0.0712. The molecule has 0 aliphatic carbocycles. The average molecular weight is 554 g/mol. The summed E-state index contributed by atoms with van der Waals surface area (Å²) in [5, 5.41) is 2.89. The molecular formula is C26H36NO10P. The zero-order valence-corrected chi connectivity index (χ0v) is 23.1. The van der Waals surface area contributed by atoms with E-state index in [2.05, 4.69) is 5.09 Å². The van der Waals surface area contributed by atoms with Crippen LogP contribution in [-0.4, -0.2) is 77.8 Å². The molecule has 1 heterocycles. The van der Waals surface area contributed by atoms with E-state index >= 15 is 0 Å². The van der Waals surface area contributed by atoms with E-state index in [-0.39, 0.29) is 19.6 Å². The molecule has 1 fully saturated rings. The molecule has 0 radical (unpaired) electrons. The summed E-state index contributed by atoms with van der Waals surface area (Å²) in [5.74, 6) is -1.53. The Morgan fingerprint density at radius 3 is 1.97 bits per heavy atom. The fourth-order valence-electron chi connectivity index (χ4n) is 4.43. The summed E-state index contributed by atoms with van der Waals surface area (Å²) in [4.78, 5) is 12.1. The number of rotatable bonds is 14. The van der Waals surface area contributed by atoms with E-state index in [1.54, 1.807) is 48.5 Å². The second-order valence-electron chi connectivity index (χ2n) is 8.50. The molecule has 11 nitrogen and oxygen atoms in total. The van der Waals surface area contributed by atoms with Crippen LogP contribution in [0.25, 0.3) is 0 Å². The van der Waals surface area contributed by atoms with Crippen molar-refractivity contribution in [3.05, 3.63) is 60.7 Å². The van der Waals surface area contributed by atoms with Gasteiger partial charge in [-0.05, 0) is 30.7 Å². The Morgan fingerprint density at radius 2 is 1.53 bits per heavy atom. The predicted molar refractivity (Wildman–Crippen MR) is 138 cm³/mol. The van der Waals surface area contributed by atoms with Crippen molar-refractivity contribution in [1.82, 2.24) is 5.09 Å². The van der Waals surface area contributed by atoms with Crippen LogP contribution in [0.4, 0.5) is 0 Å². The third-order valence-electron chi connectivity index (χ3n) is 5.98. The van der Waals surface area contributed by atoms with Crippen molar-refractivity contribution < 1.29 is 46.8 Å². The number of carbonyl (C=O) groups is 1. The van der Waals surface area contributed by atoms with Gasteiger partial charge in [-0.3, -0.25) is 4.79 Å². The zero-order chi connectivity index (χ0) is 27.6. The van der Waals surface area contributed by atoms with Crippen LogP contribution in [0, 0.1) is 0 Å². The van der Waals surface area contributed by atoms with Crippen molar-refractivity contribution in [2.45, 2.75) is 43.5 Å². The molecule has 5 atom stereocenters. The van der Waals surface area contributed by atoms with E-state index in [0.717, 1.165) is 0 Å². The first-order valence-corrected chi connectivity index (χ1v) is 13.6. The fraction of sp³-hybridized carbons (Fsp3) is 0.500. The van der Waals surface area contributed by atoms with Gasteiger partial charge >= 0.3 is 13.7 Å². The highest BCUT2D eigenvalue weighted by Crippen LogP contribution is 2.45. The molecule has 2 aromatic carbocycles. The number of para-hydroxylation sites is 2. The molecule has 210 valence electrons. The topological polar surface area (TPSA) is 120 Å². The number of nitrogens with one attached hydrogen (secondary N) is 1. The van der Waals surface area contributed by atoms with Gasteiger partial charge in [-0.2, -0.15) is 0 Å². The van der Waals surface area contributed by atoms with Crippen LogP contribution in [0.2, 0.25) is 0 Å². The molecule has 1 saturated heterocycles. The summed E-state index contributed by atoms with van der Waals surface area (Å²) in [5.41, 5.74) is 0. The van der Waals surface area contributed by atoms with E-state index < -0.39 is 43.9 Å².